The zero-order valence-electron chi connectivity index (χ0n) is 9.31. The van der Waals surface area contributed by atoms with Crippen LogP contribution in [0.2, 0.25) is 0 Å². The molecule has 2 rings (SSSR count). The van der Waals surface area contributed by atoms with Crippen LogP contribution >= 0.6 is 23.7 Å². The highest BCUT2D eigenvalue weighted by molar-refractivity contribution is 7.13. The van der Waals surface area contributed by atoms with E-state index in [1.165, 1.54) is 16.9 Å². The zero-order chi connectivity index (χ0) is 10.8. The second-order valence-corrected chi connectivity index (χ2v) is 4.74. The maximum Gasteiger partial charge on any atom is 0.180 e. The predicted octanol–water partition coefficient (Wildman–Crippen LogP) is 3.94. The van der Waals surface area contributed by atoms with Gasteiger partial charge < -0.3 is 5.73 Å². The van der Waals surface area contributed by atoms with E-state index in [4.69, 9.17) is 5.73 Å². The first-order valence-electron chi connectivity index (χ1n) is 4.98. The average molecular weight is 255 g/mol. The van der Waals surface area contributed by atoms with E-state index in [0.717, 1.165) is 11.3 Å². The average Bonchev–Trinajstić information content (AvgIpc) is 2.65. The van der Waals surface area contributed by atoms with E-state index in [9.17, 15) is 0 Å². The van der Waals surface area contributed by atoms with Gasteiger partial charge in [0.1, 0.15) is 0 Å². The number of nitrogens with two attached hydrogens (primary N) is 1. The lowest BCUT2D eigenvalue weighted by Crippen LogP contribution is -1.87. The van der Waals surface area contributed by atoms with Crippen LogP contribution in [0, 0.1) is 0 Å². The number of halogens is 1. The molecule has 0 saturated heterocycles. The summed E-state index contributed by atoms with van der Waals surface area (Å²) in [4.78, 5) is 4.25. The van der Waals surface area contributed by atoms with Crippen LogP contribution in [0.1, 0.15) is 25.3 Å². The first kappa shape index (κ1) is 13.0. The third-order valence-electron chi connectivity index (χ3n) is 2.40. The van der Waals surface area contributed by atoms with Crippen molar-refractivity contribution in [2.24, 2.45) is 0 Å². The molecule has 0 aliphatic carbocycles. The van der Waals surface area contributed by atoms with E-state index in [1.54, 1.807) is 0 Å². The molecule has 0 fully saturated rings. The van der Waals surface area contributed by atoms with Crippen LogP contribution in [0.25, 0.3) is 11.3 Å². The smallest absolute Gasteiger partial charge is 0.180 e. The second-order valence-electron chi connectivity index (χ2n) is 3.85. The van der Waals surface area contributed by atoms with Gasteiger partial charge in [-0.15, -0.1) is 23.7 Å². The van der Waals surface area contributed by atoms with Crippen LogP contribution in [0.15, 0.2) is 29.6 Å². The summed E-state index contributed by atoms with van der Waals surface area (Å²) in [5.41, 5.74) is 9.05. The quantitative estimate of drug-likeness (QED) is 0.882. The number of anilines is 1. The highest BCUT2D eigenvalue weighted by atomic mass is 35.5. The number of hydrogen-bond donors (Lipinski definition) is 1. The first-order valence-corrected chi connectivity index (χ1v) is 5.86. The van der Waals surface area contributed by atoms with Crippen molar-refractivity contribution >= 4 is 28.9 Å². The molecular formula is C12H15ClN2S. The Balaban J connectivity index is 0.00000128. The molecule has 2 aromatic rings. The molecule has 1 heterocycles. The summed E-state index contributed by atoms with van der Waals surface area (Å²) in [5.74, 6) is 0.569. The largest absolute Gasteiger partial charge is 0.375 e. The third kappa shape index (κ3) is 2.74. The Morgan fingerprint density at radius 1 is 1.19 bits per heavy atom. The molecule has 2 N–H and O–H groups in total. The molecule has 0 saturated carbocycles. The summed E-state index contributed by atoms with van der Waals surface area (Å²) < 4.78 is 0. The Bertz CT molecular complexity index is 448. The maximum absolute atomic E-state index is 5.60. The van der Waals surface area contributed by atoms with E-state index in [0.29, 0.717) is 11.0 Å². The molecule has 1 aromatic carbocycles. The van der Waals surface area contributed by atoms with Crippen molar-refractivity contribution < 1.29 is 0 Å². The Morgan fingerprint density at radius 3 is 2.25 bits per heavy atom. The minimum atomic E-state index is 0. The topological polar surface area (TPSA) is 38.9 Å². The Hall–Kier alpha value is -1.06. The van der Waals surface area contributed by atoms with Gasteiger partial charge in [-0.2, -0.15) is 0 Å². The molecular weight excluding hydrogens is 240 g/mol. The summed E-state index contributed by atoms with van der Waals surface area (Å²) in [6.45, 7) is 4.38. The number of hydrogen-bond acceptors (Lipinski definition) is 3. The van der Waals surface area contributed by atoms with Gasteiger partial charge in [0.05, 0.1) is 5.69 Å². The summed E-state index contributed by atoms with van der Waals surface area (Å²) in [6.07, 6.45) is 0. The van der Waals surface area contributed by atoms with Gasteiger partial charge in [-0.25, -0.2) is 4.98 Å². The van der Waals surface area contributed by atoms with Crippen LogP contribution in [0.4, 0.5) is 5.13 Å². The molecule has 86 valence electrons. The van der Waals surface area contributed by atoms with Crippen molar-refractivity contribution in [2.45, 2.75) is 19.8 Å². The van der Waals surface area contributed by atoms with E-state index in [1.807, 2.05) is 5.38 Å². The van der Waals surface area contributed by atoms with E-state index in [2.05, 4.69) is 43.1 Å². The molecule has 0 unspecified atom stereocenters. The summed E-state index contributed by atoms with van der Waals surface area (Å²) in [7, 11) is 0. The van der Waals surface area contributed by atoms with E-state index >= 15 is 0 Å². The summed E-state index contributed by atoms with van der Waals surface area (Å²) >= 11 is 1.48. The lowest BCUT2D eigenvalue weighted by Gasteiger charge is -2.05. The lowest BCUT2D eigenvalue weighted by atomic mass is 10.0. The van der Waals surface area contributed by atoms with Gasteiger partial charge in [-0.1, -0.05) is 38.1 Å². The molecule has 0 bridgehead atoms. The molecule has 0 aliphatic heterocycles. The van der Waals surface area contributed by atoms with Crippen molar-refractivity contribution in [1.29, 1.82) is 0 Å². The molecule has 0 atom stereocenters. The molecule has 0 radical (unpaired) electrons. The van der Waals surface area contributed by atoms with Crippen molar-refractivity contribution in [3.8, 4) is 11.3 Å². The van der Waals surface area contributed by atoms with Crippen molar-refractivity contribution in [2.75, 3.05) is 5.73 Å². The van der Waals surface area contributed by atoms with Gasteiger partial charge in [0.15, 0.2) is 5.13 Å². The third-order valence-corrected chi connectivity index (χ3v) is 3.07. The maximum atomic E-state index is 5.60. The number of nitrogen functional groups attached to an aromatic ring is 1. The van der Waals surface area contributed by atoms with Crippen molar-refractivity contribution in [3.05, 3.63) is 35.2 Å². The molecule has 0 aliphatic rings. The fourth-order valence-electron chi connectivity index (χ4n) is 1.46. The SMILES string of the molecule is CC(C)c1ccc(-c2csc(N)n2)cc1.Cl. The number of nitrogens with zero attached hydrogens (tertiary/aromatic N) is 1. The van der Waals surface area contributed by atoms with Crippen molar-refractivity contribution in [1.82, 2.24) is 4.98 Å². The molecule has 2 nitrogen and oxygen atoms in total. The van der Waals surface area contributed by atoms with Gasteiger partial charge in [-0.05, 0) is 11.5 Å². The number of thiazole rings is 1. The highest BCUT2D eigenvalue weighted by Gasteiger charge is 2.03. The number of aromatic nitrogens is 1. The fraction of sp³-hybridized carbons (Fsp3) is 0.250. The molecule has 1 aromatic heterocycles. The van der Waals surface area contributed by atoms with Crippen molar-refractivity contribution in [3.63, 3.8) is 0 Å². The van der Waals surface area contributed by atoms with Gasteiger partial charge in [0.25, 0.3) is 0 Å². The minimum Gasteiger partial charge on any atom is -0.375 e. The Kier molecular flexibility index (Phi) is 4.33. The molecule has 0 amide bonds. The number of rotatable bonds is 2. The summed E-state index contributed by atoms with van der Waals surface area (Å²) in [5, 5.41) is 2.61. The van der Waals surface area contributed by atoms with E-state index < -0.39 is 0 Å². The molecule has 16 heavy (non-hydrogen) atoms. The molecule has 4 heteroatoms. The highest BCUT2D eigenvalue weighted by Crippen LogP contribution is 2.24. The standard InChI is InChI=1S/C12H14N2S.ClH/c1-8(2)9-3-5-10(6-4-9)11-7-15-12(13)14-11;/h3-8H,1-2H3,(H2,13,14);1H. The van der Waals surface area contributed by atoms with Crippen LogP contribution < -0.4 is 5.73 Å². The summed E-state index contributed by atoms with van der Waals surface area (Å²) in [6, 6.07) is 8.50. The van der Waals surface area contributed by atoms with Gasteiger partial charge in [-0.3, -0.25) is 0 Å². The second kappa shape index (κ2) is 5.32. The first-order chi connectivity index (χ1) is 7.16. The fourth-order valence-corrected chi connectivity index (χ4v) is 2.03. The van der Waals surface area contributed by atoms with Gasteiger partial charge >= 0.3 is 0 Å². The van der Waals surface area contributed by atoms with Crippen LogP contribution in [-0.4, -0.2) is 4.98 Å². The van der Waals surface area contributed by atoms with Gasteiger partial charge in [0.2, 0.25) is 0 Å². The normalized spacial score (nSPS) is 10.2. The number of benzene rings is 1. The lowest BCUT2D eigenvalue weighted by molar-refractivity contribution is 0.867. The van der Waals surface area contributed by atoms with Gasteiger partial charge in [0, 0.05) is 10.9 Å². The molecule has 0 spiro atoms. The van der Waals surface area contributed by atoms with Crippen LogP contribution in [-0.2, 0) is 0 Å². The Labute approximate surface area is 106 Å². The van der Waals surface area contributed by atoms with E-state index in [-0.39, 0.29) is 12.4 Å². The zero-order valence-corrected chi connectivity index (χ0v) is 10.9. The minimum absolute atomic E-state index is 0. The monoisotopic (exact) mass is 254 g/mol. The van der Waals surface area contributed by atoms with Crippen LogP contribution in [0.3, 0.4) is 0 Å². The van der Waals surface area contributed by atoms with Crippen LogP contribution in [0.5, 0.6) is 0 Å². The Morgan fingerprint density at radius 2 is 1.81 bits per heavy atom. The predicted molar refractivity (Wildman–Crippen MR) is 73.3 cm³/mol.